The summed E-state index contributed by atoms with van der Waals surface area (Å²) in [5.74, 6) is 0.939. The molecular formula is C17H28N2O. The zero-order valence-corrected chi connectivity index (χ0v) is 13.0. The lowest BCUT2D eigenvalue weighted by atomic mass is 9.96. The van der Waals surface area contributed by atoms with Gasteiger partial charge < -0.3 is 10.5 Å². The van der Waals surface area contributed by atoms with Crippen molar-refractivity contribution in [3.05, 3.63) is 29.8 Å². The van der Waals surface area contributed by atoms with Crippen LogP contribution in [0.25, 0.3) is 0 Å². The van der Waals surface area contributed by atoms with Gasteiger partial charge in [-0.05, 0) is 57.5 Å². The van der Waals surface area contributed by atoms with Gasteiger partial charge in [0.1, 0.15) is 5.75 Å². The average Bonchev–Trinajstić information content (AvgIpc) is 2.60. The smallest absolute Gasteiger partial charge is 0.119 e. The van der Waals surface area contributed by atoms with Gasteiger partial charge in [-0.15, -0.1) is 0 Å². The van der Waals surface area contributed by atoms with Crippen LogP contribution in [0.3, 0.4) is 0 Å². The predicted octanol–water partition coefficient (Wildman–Crippen LogP) is 3.35. The van der Waals surface area contributed by atoms with Crippen molar-refractivity contribution in [2.24, 2.45) is 5.73 Å². The van der Waals surface area contributed by atoms with E-state index in [1.165, 1.54) is 18.4 Å². The number of hydrogen-bond donors (Lipinski definition) is 1. The Bertz CT molecular complexity index is 402. The molecule has 1 aliphatic rings. The van der Waals surface area contributed by atoms with Gasteiger partial charge in [0, 0.05) is 12.1 Å². The van der Waals surface area contributed by atoms with E-state index in [-0.39, 0.29) is 12.1 Å². The molecule has 0 radical (unpaired) electrons. The third-order valence-electron chi connectivity index (χ3n) is 4.03. The molecule has 1 fully saturated rings. The highest BCUT2D eigenvalue weighted by molar-refractivity contribution is 5.30. The molecule has 1 saturated heterocycles. The van der Waals surface area contributed by atoms with Gasteiger partial charge in [0.25, 0.3) is 0 Å². The second kappa shape index (κ2) is 7.09. The maximum atomic E-state index is 6.42. The Labute approximate surface area is 123 Å². The van der Waals surface area contributed by atoms with Gasteiger partial charge in [0.2, 0.25) is 0 Å². The number of likely N-dealkylation sites (tertiary alicyclic amines) is 1. The van der Waals surface area contributed by atoms with E-state index in [1.54, 1.807) is 0 Å². The number of rotatable bonds is 4. The van der Waals surface area contributed by atoms with E-state index in [0.29, 0.717) is 6.04 Å². The van der Waals surface area contributed by atoms with E-state index in [0.717, 1.165) is 25.3 Å². The van der Waals surface area contributed by atoms with Crippen LogP contribution in [0.1, 0.15) is 51.6 Å². The third kappa shape index (κ3) is 3.74. The topological polar surface area (TPSA) is 38.5 Å². The van der Waals surface area contributed by atoms with Gasteiger partial charge in [0.15, 0.2) is 0 Å². The van der Waals surface area contributed by atoms with E-state index in [1.807, 2.05) is 13.8 Å². The SMILES string of the molecule is CCN1CCCCC(N)C1c1ccc(OC(C)C)cc1. The molecule has 0 spiro atoms. The Morgan fingerprint density at radius 1 is 1.25 bits per heavy atom. The lowest BCUT2D eigenvalue weighted by Crippen LogP contribution is -2.39. The van der Waals surface area contributed by atoms with Crippen LogP contribution in [0.4, 0.5) is 0 Å². The van der Waals surface area contributed by atoms with Gasteiger partial charge >= 0.3 is 0 Å². The van der Waals surface area contributed by atoms with E-state index < -0.39 is 0 Å². The van der Waals surface area contributed by atoms with Gasteiger partial charge in [-0.3, -0.25) is 4.90 Å². The van der Waals surface area contributed by atoms with Gasteiger partial charge in [0.05, 0.1) is 6.10 Å². The van der Waals surface area contributed by atoms with E-state index in [4.69, 9.17) is 10.5 Å². The highest BCUT2D eigenvalue weighted by Gasteiger charge is 2.27. The molecule has 1 aromatic carbocycles. The van der Waals surface area contributed by atoms with Crippen LogP contribution >= 0.6 is 0 Å². The minimum absolute atomic E-state index is 0.216. The van der Waals surface area contributed by atoms with Crippen molar-refractivity contribution in [2.75, 3.05) is 13.1 Å². The predicted molar refractivity (Wildman–Crippen MR) is 84.0 cm³/mol. The average molecular weight is 276 g/mol. The molecule has 1 aromatic rings. The van der Waals surface area contributed by atoms with Crippen molar-refractivity contribution in [3.8, 4) is 5.75 Å². The van der Waals surface area contributed by atoms with Gasteiger partial charge in [-0.1, -0.05) is 25.5 Å². The van der Waals surface area contributed by atoms with Crippen molar-refractivity contribution in [2.45, 2.75) is 58.2 Å². The molecule has 20 heavy (non-hydrogen) atoms. The normalized spacial score (nSPS) is 24.6. The summed E-state index contributed by atoms with van der Waals surface area (Å²) in [7, 11) is 0. The summed E-state index contributed by atoms with van der Waals surface area (Å²) in [6, 6.07) is 9.07. The van der Waals surface area contributed by atoms with Crippen molar-refractivity contribution in [1.29, 1.82) is 0 Å². The Balaban J connectivity index is 2.18. The van der Waals surface area contributed by atoms with E-state index in [9.17, 15) is 0 Å². The van der Waals surface area contributed by atoms with Crippen LogP contribution in [0, 0.1) is 0 Å². The second-order valence-electron chi connectivity index (χ2n) is 5.97. The summed E-state index contributed by atoms with van der Waals surface area (Å²) in [4.78, 5) is 2.51. The van der Waals surface area contributed by atoms with Crippen LogP contribution < -0.4 is 10.5 Å². The highest BCUT2D eigenvalue weighted by Crippen LogP contribution is 2.30. The highest BCUT2D eigenvalue weighted by atomic mass is 16.5. The van der Waals surface area contributed by atoms with Crippen molar-refractivity contribution in [3.63, 3.8) is 0 Å². The van der Waals surface area contributed by atoms with Crippen LogP contribution in [-0.2, 0) is 0 Å². The van der Waals surface area contributed by atoms with Crippen molar-refractivity contribution >= 4 is 0 Å². The molecule has 2 atom stereocenters. The number of nitrogens with two attached hydrogens (primary N) is 1. The first-order valence-corrected chi connectivity index (χ1v) is 7.88. The molecule has 2 N–H and O–H groups in total. The molecule has 0 saturated carbocycles. The van der Waals surface area contributed by atoms with Crippen molar-refractivity contribution in [1.82, 2.24) is 4.90 Å². The van der Waals surface area contributed by atoms with E-state index >= 15 is 0 Å². The fourth-order valence-electron chi connectivity index (χ4n) is 3.09. The largest absolute Gasteiger partial charge is 0.491 e. The monoisotopic (exact) mass is 276 g/mol. The molecular weight excluding hydrogens is 248 g/mol. The van der Waals surface area contributed by atoms with Crippen LogP contribution in [0.5, 0.6) is 5.75 Å². The fourth-order valence-corrected chi connectivity index (χ4v) is 3.09. The Kier molecular flexibility index (Phi) is 5.44. The number of benzene rings is 1. The van der Waals surface area contributed by atoms with Crippen LogP contribution in [0.15, 0.2) is 24.3 Å². The van der Waals surface area contributed by atoms with Gasteiger partial charge in [-0.2, -0.15) is 0 Å². The Hall–Kier alpha value is -1.06. The third-order valence-corrected chi connectivity index (χ3v) is 4.03. The molecule has 1 aliphatic heterocycles. The molecule has 2 unspecified atom stereocenters. The summed E-state index contributed by atoms with van der Waals surface area (Å²) in [5, 5.41) is 0. The number of hydrogen-bond acceptors (Lipinski definition) is 3. The molecule has 2 rings (SSSR count). The number of ether oxygens (including phenoxy) is 1. The maximum Gasteiger partial charge on any atom is 0.119 e. The maximum absolute atomic E-state index is 6.42. The quantitative estimate of drug-likeness (QED) is 0.916. The summed E-state index contributed by atoms with van der Waals surface area (Å²) >= 11 is 0. The lowest BCUT2D eigenvalue weighted by molar-refractivity contribution is 0.195. The number of nitrogens with zero attached hydrogens (tertiary/aromatic N) is 1. The van der Waals surface area contributed by atoms with Gasteiger partial charge in [-0.25, -0.2) is 0 Å². The Morgan fingerprint density at radius 2 is 1.95 bits per heavy atom. The summed E-state index contributed by atoms with van der Waals surface area (Å²) in [6.45, 7) is 8.53. The fraction of sp³-hybridized carbons (Fsp3) is 0.647. The summed E-state index contributed by atoms with van der Waals surface area (Å²) < 4.78 is 5.72. The van der Waals surface area contributed by atoms with E-state index in [2.05, 4.69) is 36.1 Å². The van der Waals surface area contributed by atoms with Crippen LogP contribution in [-0.4, -0.2) is 30.1 Å². The first-order chi connectivity index (χ1) is 9.61. The Morgan fingerprint density at radius 3 is 2.55 bits per heavy atom. The minimum atomic E-state index is 0.216. The molecule has 3 nitrogen and oxygen atoms in total. The van der Waals surface area contributed by atoms with Crippen molar-refractivity contribution < 1.29 is 4.74 Å². The molecule has 112 valence electrons. The summed E-state index contributed by atoms with van der Waals surface area (Å²) in [6.07, 6.45) is 3.83. The molecule has 0 amide bonds. The standard InChI is InChI=1S/C17H28N2O/c1-4-19-12-6-5-7-16(18)17(19)14-8-10-15(11-9-14)20-13(2)3/h8-11,13,16-17H,4-7,12,18H2,1-3H3. The number of likely N-dealkylation sites (N-methyl/N-ethyl adjacent to an activating group) is 1. The molecule has 0 aliphatic carbocycles. The first-order valence-electron chi connectivity index (χ1n) is 7.88. The lowest BCUT2D eigenvalue weighted by Gasteiger charge is -2.33. The molecule has 0 bridgehead atoms. The molecule has 3 heteroatoms. The molecule has 0 aromatic heterocycles. The minimum Gasteiger partial charge on any atom is -0.491 e. The second-order valence-corrected chi connectivity index (χ2v) is 5.97. The zero-order valence-electron chi connectivity index (χ0n) is 13.0. The zero-order chi connectivity index (χ0) is 14.5. The van der Waals surface area contributed by atoms with Crippen LogP contribution in [0.2, 0.25) is 0 Å². The summed E-state index contributed by atoms with van der Waals surface area (Å²) in [5.41, 5.74) is 7.74. The first kappa shape index (κ1) is 15.3. The molecule has 1 heterocycles.